The molecule has 0 saturated carbocycles. The lowest BCUT2D eigenvalue weighted by molar-refractivity contribution is -0.120. The molecule has 0 fully saturated rings. The minimum absolute atomic E-state index is 0.00452. The van der Waals surface area contributed by atoms with Crippen LogP contribution in [-0.4, -0.2) is 29.3 Å². The van der Waals surface area contributed by atoms with Gasteiger partial charge >= 0.3 is 0 Å². The lowest BCUT2D eigenvalue weighted by atomic mass is 10.0. The van der Waals surface area contributed by atoms with E-state index < -0.39 is 0 Å². The van der Waals surface area contributed by atoms with Crippen molar-refractivity contribution < 1.29 is 14.3 Å². The maximum absolute atomic E-state index is 12.4. The van der Waals surface area contributed by atoms with E-state index in [0.29, 0.717) is 19.0 Å². The average molecular weight is 329 g/mol. The molecule has 3 rings (SSSR count). The van der Waals surface area contributed by atoms with Crippen LogP contribution < -0.4 is 14.8 Å². The molecule has 0 saturated heterocycles. The molecular weight excluding hydrogens is 306 g/mol. The van der Waals surface area contributed by atoms with Gasteiger partial charge in [0.2, 0.25) is 5.91 Å². The van der Waals surface area contributed by atoms with Crippen molar-refractivity contribution in [3.8, 4) is 22.6 Å². The second kappa shape index (κ2) is 6.95. The minimum Gasteiger partial charge on any atom is -0.486 e. The molecule has 6 nitrogen and oxygen atoms in total. The number of hydrogen-bond acceptors (Lipinski definition) is 4. The van der Waals surface area contributed by atoms with Crippen molar-refractivity contribution in [2.45, 2.75) is 33.6 Å². The van der Waals surface area contributed by atoms with E-state index in [0.717, 1.165) is 41.2 Å². The smallest absolute Gasteiger partial charge is 0.228 e. The number of fused-ring (bicyclic) bond motifs is 1. The Balaban J connectivity index is 1.91. The molecule has 1 amide bonds. The Morgan fingerprint density at radius 2 is 1.96 bits per heavy atom. The Bertz CT molecular complexity index is 735. The number of aromatic amines is 1. The second-order valence-corrected chi connectivity index (χ2v) is 5.93. The van der Waals surface area contributed by atoms with Crippen LogP contribution in [0.1, 0.15) is 32.4 Å². The number of carbonyl (C=O) groups excluding carboxylic acids is 1. The van der Waals surface area contributed by atoms with E-state index in [1.165, 1.54) is 0 Å². The van der Waals surface area contributed by atoms with Gasteiger partial charge in [-0.3, -0.25) is 9.89 Å². The van der Waals surface area contributed by atoms with Crippen molar-refractivity contribution in [2.75, 3.05) is 18.5 Å². The summed E-state index contributed by atoms with van der Waals surface area (Å²) in [6.45, 7) is 7.08. The molecule has 2 aromatic rings. The fourth-order valence-electron chi connectivity index (χ4n) is 2.95. The van der Waals surface area contributed by atoms with Gasteiger partial charge in [-0.25, -0.2) is 0 Å². The van der Waals surface area contributed by atoms with E-state index in [2.05, 4.69) is 15.5 Å². The molecule has 1 aliphatic heterocycles. The summed E-state index contributed by atoms with van der Waals surface area (Å²) in [6, 6.07) is 5.78. The molecule has 0 unspecified atom stereocenters. The van der Waals surface area contributed by atoms with Gasteiger partial charge < -0.3 is 14.8 Å². The molecule has 0 atom stereocenters. The van der Waals surface area contributed by atoms with Crippen LogP contribution in [0.15, 0.2) is 18.2 Å². The number of carbonyl (C=O) groups is 1. The normalized spacial score (nSPS) is 13.2. The predicted molar refractivity (Wildman–Crippen MR) is 92.5 cm³/mol. The van der Waals surface area contributed by atoms with Crippen molar-refractivity contribution in [2.24, 2.45) is 5.92 Å². The number of hydrogen-bond donors (Lipinski definition) is 2. The maximum Gasteiger partial charge on any atom is 0.228 e. The Hall–Kier alpha value is -2.50. The van der Waals surface area contributed by atoms with Gasteiger partial charge in [0, 0.05) is 17.2 Å². The number of rotatable bonds is 5. The van der Waals surface area contributed by atoms with E-state index in [-0.39, 0.29) is 11.8 Å². The van der Waals surface area contributed by atoms with Crippen LogP contribution >= 0.6 is 0 Å². The quantitative estimate of drug-likeness (QED) is 0.880. The van der Waals surface area contributed by atoms with Crippen molar-refractivity contribution in [3.63, 3.8) is 0 Å². The molecule has 2 heterocycles. The molecule has 0 bridgehead atoms. The topological polar surface area (TPSA) is 76.2 Å². The first-order chi connectivity index (χ1) is 11.6. The average Bonchev–Trinajstić information content (AvgIpc) is 2.96. The largest absolute Gasteiger partial charge is 0.486 e. The number of benzene rings is 1. The molecule has 24 heavy (non-hydrogen) atoms. The van der Waals surface area contributed by atoms with Crippen molar-refractivity contribution in [1.82, 2.24) is 10.2 Å². The number of amides is 1. The molecule has 1 aromatic carbocycles. The molecule has 0 aliphatic carbocycles. The molecule has 6 heteroatoms. The fraction of sp³-hybridized carbons (Fsp3) is 0.444. The zero-order chi connectivity index (χ0) is 17.1. The van der Waals surface area contributed by atoms with Gasteiger partial charge in [0.25, 0.3) is 0 Å². The highest BCUT2D eigenvalue weighted by molar-refractivity contribution is 5.96. The summed E-state index contributed by atoms with van der Waals surface area (Å²) in [4.78, 5) is 12.4. The van der Waals surface area contributed by atoms with Gasteiger partial charge in [-0.15, -0.1) is 0 Å². The highest BCUT2D eigenvalue weighted by Gasteiger charge is 2.21. The summed E-state index contributed by atoms with van der Waals surface area (Å²) >= 11 is 0. The van der Waals surface area contributed by atoms with Gasteiger partial charge in [0.15, 0.2) is 17.3 Å². The third kappa shape index (κ3) is 3.09. The molecule has 2 N–H and O–H groups in total. The summed E-state index contributed by atoms with van der Waals surface area (Å²) in [7, 11) is 0. The first-order valence-electron chi connectivity index (χ1n) is 8.39. The third-order valence-corrected chi connectivity index (χ3v) is 4.38. The van der Waals surface area contributed by atoms with Crippen molar-refractivity contribution in [1.29, 1.82) is 0 Å². The SMILES string of the molecule is CCC(CC)C(=O)Nc1n[nH]c(C)c1-c1ccc2c(c1)OCCO2. The van der Waals surface area contributed by atoms with E-state index in [4.69, 9.17) is 9.47 Å². The first-order valence-corrected chi connectivity index (χ1v) is 8.39. The molecular formula is C18H23N3O3. The van der Waals surface area contributed by atoms with Gasteiger partial charge in [-0.2, -0.15) is 5.10 Å². The lowest BCUT2D eigenvalue weighted by Gasteiger charge is -2.19. The standard InChI is InChI=1S/C18H23N3O3/c1-4-12(5-2)18(22)19-17-16(11(3)20-21-17)13-6-7-14-15(10-13)24-9-8-23-14/h6-7,10,12H,4-5,8-9H2,1-3H3,(H2,19,20,21,22). The fourth-order valence-corrected chi connectivity index (χ4v) is 2.95. The third-order valence-electron chi connectivity index (χ3n) is 4.38. The monoisotopic (exact) mass is 329 g/mol. The molecule has 1 aromatic heterocycles. The summed E-state index contributed by atoms with van der Waals surface area (Å²) in [5, 5.41) is 10.2. The van der Waals surface area contributed by atoms with Crippen molar-refractivity contribution in [3.05, 3.63) is 23.9 Å². The summed E-state index contributed by atoms with van der Waals surface area (Å²) in [5.74, 6) is 2.02. The van der Waals surface area contributed by atoms with Gasteiger partial charge in [-0.05, 0) is 37.5 Å². The van der Waals surface area contributed by atoms with Gasteiger partial charge in [-0.1, -0.05) is 19.9 Å². The Labute approximate surface area is 141 Å². The van der Waals surface area contributed by atoms with Crippen LogP contribution in [0.4, 0.5) is 5.82 Å². The Morgan fingerprint density at radius 3 is 2.67 bits per heavy atom. The Kier molecular flexibility index (Phi) is 4.74. The zero-order valence-electron chi connectivity index (χ0n) is 14.3. The van der Waals surface area contributed by atoms with E-state index >= 15 is 0 Å². The van der Waals surface area contributed by atoms with Crippen LogP contribution in [0.25, 0.3) is 11.1 Å². The number of nitrogens with one attached hydrogen (secondary N) is 2. The summed E-state index contributed by atoms with van der Waals surface area (Å²) in [6.07, 6.45) is 1.62. The number of aromatic nitrogens is 2. The summed E-state index contributed by atoms with van der Waals surface area (Å²) in [5.41, 5.74) is 2.71. The molecule has 128 valence electrons. The zero-order valence-corrected chi connectivity index (χ0v) is 14.3. The predicted octanol–water partition coefficient (Wildman–Crippen LogP) is 3.53. The van der Waals surface area contributed by atoms with Crippen LogP contribution in [0, 0.1) is 12.8 Å². The summed E-state index contributed by atoms with van der Waals surface area (Å²) < 4.78 is 11.2. The second-order valence-electron chi connectivity index (χ2n) is 5.93. The van der Waals surface area contributed by atoms with Gasteiger partial charge in [0.1, 0.15) is 13.2 Å². The maximum atomic E-state index is 12.4. The number of H-pyrrole nitrogens is 1. The van der Waals surface area contributed by atoms with Crippen LogP contribution in [0.3, 0.4) is 0 Å². The molecule has 0 spiro atoms. The number of anilines is 1. The first kappa shape index (κ1) is 16.4. The molecule has 0 radical (unpaired) electrons. The van der Waals surface area contributed by atoms with E-state index in [9.17, 15) is 4.79 Å². The number of aryl methyl sites for hydroxylation is 1. The number of nitrogens with zero attached hydrogens (tertiary/aromatic N) is 1. The van der Waals surface area contributed by atoms with E-state index in [1.807, 2.05) is 39.0 Å². The molecule has 1 aliphatic rings. The van der Waals surface area contributed by atoms with Crippen LogP contribution in [0.2, 0.25) is 0 Å². The minimum atomic E-state index is -0.00452. The lowest BCUT2D eigenvalue weighted by Crippen LogP contribution is -2.22. The van der Waals surface area contributed by atoms with Crippen LogP contribution in [-0.2, 0) is 4.79 Å². The highest BCUT2D eigenvalue weighted by Crippen LogP contribution is 2.37. The highest BCUT2D eigenvalue weighted by atomic mass is 16.6. The van der Waals surface area contributed by atoms with Crippen molar-refractivity contribution >= 4 is 11.7 Å². The van der Waals surface area contributed by atoms with Gasteiger partial charge in [0.05, 0.1) is 0 Å². The Morgan fingerprint density at radius 1 is 1.25 bits per heavy atom. The van der Waals surface area contributed by atoms with Crippen LogP contribution in [0.5, 0.6) is 11.5 Å². The number of ether oxygens (including phenoxy) is 2. The van der Waals surface area contributed by atoms with E-state index in [1.54, 1.807) is 0 Å².